The van der Waals surface area contributed by atoms with Gasteiger partial charge < -0.3 is 4.74 Å². The maximum atomic E-state index is 12.8. The van der Waals surface area contributed by atoms with E-state index in [9.17, 15) is 18.0 Å². The van der Waals surface area contributed by atoms with E-state index >= 15 is 0 Å². The number of carbonyl (C=O) groups excluding carboxylic acids is 1. The van der Waals surface area contributed by atoms with E-state index in [0.717, 1.165) is 44.8 Å². The molecule has 1 aliphatic rings. The molecule has 1 aliphatic carbocycles. The lowest BCUT2D eigenvalue weighted by Gasteiger charge is -2.06. The van der Waals surface area contributed by atoms with Crippen LogP contribution >= 0.6 is 23.1 Å². The van der Waals surface area contributed by atoms with Crippen LogP contribution in [-0.4, -0.2) is 18.1 Å². The topological polar surface area (TPSA) is 39.2 Å². The Hall–Kier alpha value is -2.32. The summed E-state index contributed by atoms with van der Waals surface area (Å²) < 4.78 is 43.2. The predicted molar refractivity (Wildman–Crippen MR) is 116 cm³/mol. The maximum absolute atomic E-state index is 12.8. The van der Waals surface area contributed by atoms with E-state index in [1.165, 1.54) is 41.7 Å². The van der Waals surface area contributed by atoms with Crippen LogP contribution in [0.1, 0.15) is 27.3 Å². The van der Waals surface area contributed by atoms with Crippen molar-refractivity contribution in [2.24, 2.45) is 5.92 Å². The van der Waals surface area contributed by atoms with Crippen LogP contribution in [0.15, 0.2) is 47.4 Å². The number of fused-ring (bicyclic) bond motifs is 1. The summed E-state index contributed by atoms with van der Waals surface area (Å²) >= 11 is 3.19. The van der Waals surface area contributed by atoms with E-state index in [4.69, 9.17) is 4.74 Å². The number of methoxy groups -OCH3 is 1. The van der Waals surface area contributed by atoms with Crippen LogP contribution in [0.4, 0.5) is 13.2 Å². The molecular formula is C23H20F3NO2S2. The zero-order chi connectivity index (χ0) is 22.2. The third-order valence-electron chi connectivity index (χ3n) is 5.37. The fraction of sp³-hybridized carbons (Fsp3) is 0.304. The smallest absolute Gasteiger partial charge is 0.416 e. The largest absolute Gasteiger partial charge is 0.469 e. The van der Waals surface area contributed by atoms with Crippen molar-refractivity contribution in [2.75, 3.05) is 7.11 Å². The van der Waals surface area contributed by atoms with E-state index in [-0.39, 0.29) is 11.9 Å². The van der Waals surface area contributed by atoms with Gasteiger partial charge in [-0.2, -0.15) is 13.2 Å². The predicted octanol–water partition coefficient (Wildman–Crippen LogP) is 6.32. The molecule has 2 aromatic carbocycles. The van der Waals surface area contributed by atoms with E-state index in [0.29, 0.717) is 12.0 Å². The Kier molecular flexibility index (Phi) is 6.12. The monoisotopic (exact) mass is 463 g/mol. The number of nitrogens with zero attached hydrogens (tertiary/aromatic N) is 1. The average Bonchev–Trinajstić information content (AvgIpc) is 3.34. The third kappa shape index (κ3) is 4.80. The third-order valence-corrected chi connectivity index (χ3v) is 7.78. The second-order valence-electron chi connectivity index (χ2n) is 7.45. The Bertz CT molecular complexity index is 1110. The normalized spacial score (nSPS) is 15.7. The van der Waals surface area contributed by atoms with Crippen LogP contribution in [-0.2, 0) is 34.3 Å². The van der Waals surface area contributed by atoms with Crippen molar-refractivity contribution in [1.82, 2.24) is 4.98 Å². The number of alkyl halides is 3. The van der Waals surface area contributed by atoms with Gasteiger partial charge >= 0.3 is 12.1 Å². The Morgan fingerprint density at radius 1 is 1.16 bits per heavy atom. The molecule has 0 fully saturated rings. The highest BCUT2D eigenvalue weighted by Crippen LogP contribution is 2.36. The van der Waals surface area contributed by atoms with Gasteiger partial charge in [0.25, 0.3) is 0 Å². The van der Waals surface area contributed by atoms with Gasteiger partial charge in [0.2, 0.25) is 0 Å². The van der Waals surface area contributed by atoms with Gasteiger partial charge in [-0.25, -0.2) is 4.98 Å². The highest BCUT2D eigenvalue weighted by atomic mass is 32.2. The molecule has 31 heavy (non-hydrogen) atoms. The molecule has 0 aliphatic heterocycles. The molecule has 0 N–H and O–H groups in total. The van der Waals surface area contributed by atoms with Crippen molar-refractivity contribution in [1.29, 1.82) is 0 Å². The van der Waals surface area contributed by atoms with Gasteiger partial charge in [-0.3, -0.25) is 4.79 Å². The lowest BCUT2D eigenvalue weighted by Crippen LogP contribution is -2.15. The van der Waals surface area contributed by atoms with Gasteiger partial charge in [0, 0.05) is 21.1 Å². The number of thioether (sulfide) groups is 1. The molecule has 1 aromatic heterocycles. The summed E-state index contributed by atoms with van der Waals surface area (Å²) in [5, 5.41) is 0.719. The zero-order valence-electron chi connectivity index (χ0n) is 17.0. The van der Waals surface area contributed by atoms with Crippen molar-refractivity contribution in [2.45, 2.75) is 36.6 Å². The number of hydrogen-bond donors (Lipinski definition) is 0. The number of ether oxygens (including phenoxy) is 1. The summed E-state index contributed by atoms with van der Waals surface area (Å²) in [6.07, 6.45) is -2.92. The summed E-state index contributed by atoms with van der Waals surface area (Å²) in [5.74, 6) is 0.459. The highest BCUT2D eigenvalue weighted by Gasteiger charge is 2.30. The maximum Gasteiger partial charge on any atom is 0.416 e. The Morgan fingerprint density at radius 2 is 1.87 bits per heavy atom. The molecule has 0 amide bonds. The van der Waals surface area contributed by atoms with Crippen LogP contribution in [0, 0.1) is 12.8 Å². The minimum Gasteiger partial charge on any atom is -0.469 e. The second kappa shape index (κ2) is 8.67. The fourth-order valence-electron chi connectivity index (χ4n) is 3.65. The molecule has 0 saturated carbocycles. The van der Waals surface area contributed by atoms with Crippen LogP contribution in [0.5, 0.6) is 0 Å². The first-order chi connectivity index (χ1) is 14.7. The van der Waals surface area contributed by atoms with Crippen molar-refractivity contribution in [3.63, 3.8) is 0 Å². The molecule has 1 heterocycles. The number of esters is 1. The summed E-state index contributed by atoms with van der Waals surface area (Å²) in [6, 6.07) is 11.4. The summed E-state index contributed by atoms with van der Waals surface area (Å²) in [7, 11) is 1.42. The first kappa shape index (κ1) is 21.9. The summed E-state index contributed by atoms with van der Waals surface area (Å²) in [6.45, 7) is 1.92. The quantitative estimate of drug-likeness (QED) is 0.328. The Morgan fingerprint density at radius 3 is 2.55 bits per heavy atom. The van der Waals surface area contributed by atoms with Crippen molar-refractivity contribution >= 4 is 29.1 Å². The molecule has 162 valence electrons. The van der Waals surface area contributed by atoms with E-state index in [1.807, 2.05) is 6.92 Å². The summed E-state index contributed by atoms with van der Waals surface area (Å²) in [4.78, 5) is 18.6. The summed E-state index contributed by atoms with van der Waals surface area (Å²) in [5.41, 5.74) is 3.29. The molecule has 1 unspecified atom stereocenters. The first-order valence-corrected chi connectivity index (χ1v) is 11.5. The molecule has 3 aromatic rings. The number of rotatable bonds is 5. The highest BCUT2D eigenvalue weighted by molar-refractivity contribution is 7.98. The number of carbonyl (C=O) groups is 1. The SMILES string of the molecule is COC(=O)C1Cc2ccc(SCc3sc(-c4ccc(C(F)(F)F)cc4)nc3C)cc2C1. The van der Waals surface area contributed by atoms with Gasteiger partial charge in [-0.15, -0.1) is 23.1 Å². The zero-order valence-corrected chi connectivity index (χ0v) is 18.6. The van der Waals surface area contributed by atoms with E-state index in [1.54, 1.807) is 11.8 Å². The molecule has 0 radical (unpaired) electrons. The van der Waals surface area contributed by atoms with Crippen LogP contribution in [0.2, 0.25) is 0 Å². The number of aromatic nitrogens is 1. The van der Waals surface area contributed by atoms with Crippen LogP contribution in [0.3, 0.4) is 0 Å². The Balaban J connectivity index is 1.44. The van der Waals surface area contributed by atoms with Gasteiger partial charge in [0.1, 0.15) is 5.01 Å². The van der Waals surface area contributed by atoms with Gasteiger partial charge in [-0.05, 0) is 55.2 Å². The van der Waals surface area contributed by atoms with Gasteiger partial charge in [0.05, 0.1) is 24.3 Å². The molecule has 0 saturated heterocycles. The van der Waals surface area contributed by atoms with Crippen molar-refractivity contribution in [3.05, 3.63) is 69.7 Å². The molecule has 4 rings (SSSR count). The Labute approximate surface area is 186 Å². The fourth-order valence-corrected chi connectivity index (χ4v) is 5.83. The van der Waals surface area contributed by atoms with Crippen molar-refractivity contribution in [3.8, 4) is 10.6 Å². The number of benzene rings is 2. The number of hydrogen-bond acceptors (Lipinski definition) is 5. The van der Waals surface area contributed by atoms with E-state index < -0.39 is 11.7 Å². The average molecular weight is 464 g/mol. The molecule has 0 spiro atoms. The van der Waals surface area contributed by atoms with Gasteiger partial charge in [0.15, 0.2) is 0 Å². The molecule has 1 atom stereocenters. The number of thiazole rings is 1. The van der Waals surface area contributed by atoms with E-state index in [2.05, 4.69) is 23.2 Å². The van der Waals surface area contributed by atoms with Crippen LogP contribution < -0.4 is 0 Å². The number of halogens is 3. The first-order valence-electron chi connectivity index (χ1n) is 9.71. The minimum absolute atomic E-state index is 0.102. The second-order valence-corrected chi connectivity index (χ2v) is 9.58. The van der Waals surface area contributed by atoms with Crippen LogP contribution in [0.25, 0.3) is 10.6 Å². The standard InChI is InChI=1S/C23H20F3NO2S2/c1-13-20(31-21(27-13)14-3-6-18(7-4-14)23(24,25)26)12-30-19-8-5-15-9-17(22(28)29-2)10-16(15)11-19/h3-8,11,17H,9-10,12H2,1-2H3. The molecule has 8 heteroatoms. The molecular weight excluding hydrogens is 443 g/mol. The number of aryl methyl sites for hydroxylation is 1. The minimum atomic E-state index is -4.34. The molecule has 3 nitrogen and oxygen atoms in total. The lowest BCUT2D eigenvalue weighted by molar-refractivity contribution is -0.145. The van der Waals surface area contributed by atoms with Gasteiger partial charge in [-0.1, -0.05) is 18.2 Å². The lowest BCUT2D eigenvalue weighted by atomic mass is 10.1. The van der Waals surface area contributed by atoms with Crippen molar-refractivity contribution < 1.29 is 22.7 Å². The molecule has 0 bridgehead atoms.